The molecule has 0 bridgehead atoms. The topological polar surface area (TPSA) is 36.0 Å². The standard InChI is InChI=1S/C30H43N3O2.C2H6/c1-24-5-7-25(8-6-24)9-10-26-11-13-27(14-12-26)23-31-19-21-32(22-20-31)28-15-17-33(18-16-28)29(34)35-30(2,3)4;1-2/h5-8,11-14,28H,9-10,15-23H2,1-4H3;1-2H3. The highest BCUT2D eigenvalue weighted by Gasteiger charge is 2.30. The molecule has 2 saturated heterocycles. The van der Waals surface area contributed by atoms with Gasteiger partial charge in [0.15, 0.2) is 0 Å². The van der Waals surface area contributed by atoms with Crippen molar-refractivity contribution < 1.29 is 9.53 Å². The maximum Gasteiger partial charge on any atom is 0.410 e. The van der Waals surface area contributed by atoms with E-state index >= 15 is 0 Å². The Kier molecular flexibility index (Phi) is 11.0. The highest BCUT2D eigenvalue weighted by Crippen LogP contribution is 2.21. The Bertz CT molecular complexity index is 933. The van der Waals surface area contributed by atoms with Crippen LogP contribution in [-0.2, 0) is 24.1 Å². The first-order chi connectivity index (χ1) is 17.7. The number of hydrogen-bond donors (Lipinski definition) is 0. The van der Waals surface area contributed by atoms with Crippen molar-refractivity contribution >= 4 is 6.09 Å². The number of carbonyl (C=O) groups is 1. The number of likely N-dealkylation sites (tertiary alicyclic amines) is 1. The number of aryl methyl sites for hydroxylation is 3. The van der Waals surface area contributed by atoms with Crippen LogP contribution in [0.25, 0.3) is 0 Å². The molecular formula is C32H49N3O2. The van der Waals surface area contributed by atoms with Crippen molar-refractivity contribution in [1.29, 1.82) is 0 Å². The van der Waals surface area contributed by atoms with E-state index in [2.05, 4.69) is 65.3 Å². The number of piperidine rings is 1. The summed E-state index contributed by atoms with van der Waals surface area (Å²) in [6, 6.07) is 18.7. The molecule has 2 aromatic rings. The molecule has 2 fully saturated rings. The van der Waals surface area contributed by atoms with Crippen LogP contribution in [0.5, 0.6) is 0 Å². The van der Waals surface area contributed by atoms with Crippen LogP contribution in [0.4, 0.5) is 4.79 Å². The summed E-state index contributed by atoms with van der Waals surface area (Å²) in [6.45, 7) is 19.0. The molecule has 0 unspecified atom stereocenters. The lowest BCUT2D eigenvalue weighted by molar-refractivity contribution is 0.00969. The molecule has 5 heteroatoms. The highest BCUT2D eigenvalue weighted by molar-refractivity contribution is 5.68. The number of nitrogens with zero attached hydrogens (tertiary/aromatic N) is 3. The smallest absolute Gasteiger partial charge is 0.410 e. The Labute approximate surface area is 225 Å². The van der Waals surface area contributed by atoms with E-state index in [4.69, 9.17) is 4.74 Å². The number of piperazine rings is 1. The van der Waals surface area contributed by atoms with Crippen LogP contribution in [0.3, 0.4) is 0 Å². The van der Waals surface area contributed by atoms with Gasteiger partial charge in [-0.3, -0.25) is 9.80 Å². The summed E-state index contributed by atoms with van der Waals surface area (Å²) in [7, 11) is 0. The summed E-state index contributed by atoms with van der Waals surface area (Å²) in [4.78, 5) is 19.4. The number of carbonyl (C=O) groups excluding carboxylic acids is 1. The summed E-state index contributed by atoms with van der Waals surface area (Å²) >= 11 is 0. The van der Waals surface area contributed by atoms with Crippen LogP contribution in [0.1, 0.15) is 69.7 Å². The van der Waals surface area contributed by atoms with Crippen molar-refractivity contribution in [2.45, 2.75) is 85.4 Å². The summed E-state index contributed by atoms with van der Waals surface area (Å²) in [6.07, 6.45) is 4.11. The van der Waals surface area contributed by atoms with Gasteiger partial charge < -0.3 is 9.64 Å². The van der Waals surface area contributed by atoms with Gasteiger partial charge in [-0.15, -0.1) is 0 Å². The lowest BCUT2D eigenvalue weighted by Gasteiger charge is -2.42. The lowest BCUT2D eigenvalue weighted by atomic mass is 10.0. The third-order valence-electron chi connectivity index (χ3n) is 7.29. The summed E-state index contributed by atoms with van der Waals surface area (Å²) < 4.78 is 5.54. The van der Waals surface area contributed by atoms with Gasteiger partial charge in [-0.2, -0.15) is 0 Å². The van der Waals surface area contributed by atoms with E-state index in [0.29, 0.717) is 6.04 Å². The fraction of sp³-hybridized carbons (Fsp3) is 0.594. The lowest BCUT2D eigenvalue weighted by Crippen LogP contribution is -2.53. The zero-order chi connectivity index (χ0) is 26.8. The second-order valence-electron chi connectivity index (χ2n) is 11.3. The minimum Gasteiger partial charge on any atom is -0.444 e. The largest absolute Gasteiger partial charge is 0.444 e. The van der Waals surface area contributed by atoms with E-state index in [9.17, 15) is 4.79 Å². The van der Waals surface area contributed by atoms with E-state index < -0.39 is 5.60 Å². The van der Waals surface area contributed by atoms with Crippen LogP contribution in [0, 0.1) is 6.92 Å². The molecule has 0 N–H and O–H groups in total. The molecule has 0 atom stereocenters. The zero-order valence-electron chi connectivity index (χ0n) is 24.1. The molecular weight excluding hydrogens is 458 g/mol. The van der Waals surface area contributed by atoms with Crippen molar-refractivity contribution in [2.24, 2.45) is 0 Å². The third kappa shape index (κ3) is 9.46. The average Bonchev–Trinajstić information content (AvgIpc) is 2.90. The molecule has 2 aliphatic heterocycles. The first-order valence-electron chi connectivity index (χ1n) is 14.3. The summed E-state index contributed by atoms with van der Waals surface area (Å²) in [5.74, 6) is 0. The Morgan fingerprint density at radius 1 is 0.784 bits per heavy atom. The van der Waals surface area contributed by atoms with Gasteiger partial charge in [-0.1, -0.05) is 67.9 Å². The van der Waals surface area contributed by atoms with Crippen molar-refractivity contribution in [3.05, 3.63) is 70.8 Å². The van der Waals surface area contributed by atoms with Gasteiger partial charge in [0.25, 0.3) is 0 Å². The van der Waals surface area contributed by atoms with Gasteiger partial charge in [0.1, 0.15) is 5.60 Å². The molecule has 0 radical (unpaired) electrons. The Balaban J connectivity index is 0.00000186. The SMILES string of the molecule is CC.Cc1ccc(CCc2ccc(CN3CCN(C4CCN(C(=O)OC(C)(C)C)CC4)CC3)cc2)cc1. The maximum atomic E-state index is 12.3. The van der Waals surface area contributed by atoms with Crippen molar-refractivity contribution in [2.75, 3.05) is 39.3 Å². The van der Waals surface area contributed by atoms with Gasteiger partial charge in [0, 0.05) is 51.9 Å². The average molecular weight is 508 g/mol. The van der Waals surface area contributed by atoms with Crippen LogP contribution in [0.2, 0.25) is 0 Å². The molecule has 0 aromatic heterocycles. The van der Waals surface area contributed by atoms with Crippen LogP contribution >= 0.6 is 0 Å². The summed E-state index contributed by atoms with van der Waals surface area (Å²) in [5, 5.41) is 0. The molecule has 2 heterocycles. The molecule has 1 amide bonds. The summed E-state index contributed by atoms with van der Waals surface area (Å²) in [5.41, 5.74) is 5.13. The molecule has 204 valence electrons. The van der Waals surface area contributed by atoms with E-state index in [-0.39, 0.29) is 6.09 Å². The normalized spacial score (nSPS) is 17.7. The number of rotatable bonds is 6. The quantitative estimate of drug-likeness (QED) is 0.458. The van der Waals surface area contributed by atoms with Crippen LogP contribution in [0.15, 0.2) is 48.5 Å². The Morgan fingerprint density at radius 2 is 1.27 bits per heavy atom. The third-order valence-corrected chi connectivity index (χ3v) is 7.29. The fourth-order valence-corrected chi connectivity index (χ4v) is 5.14. The van der Waals surface area contributed by atoms with Gasteiger partial charge in [-0.05, 0) is 70.1 Å². The maximum absolute atomic E-state index is 12.3. The molecule has 5 nitrogen and oxygen atoms in total. The predicted molar refractivity (Wildman–Crippen MR) is 154 cm³/mol. The Hall–Kier alpha value is -2.37. The molecule has 37 heavy (non-hydrogen) atoms. The molecule has 2 aromatic carbocycles. The van der Waals surface area contributed by atoms with Gasteiger partial charge in [0.2, 0.25) is 0 Å². The van der Waals surface area contributed by atoms with E-state index in [1.807, 2.05) is 39.5 Å². The van der Waals surface area contributed by atoms with Gasteiger partial charge >= 0.3 is 6.09 Å². The van der Waals surface area contributed by atoms with E-state index in [1.165, 1.54) is 22.3 Å². The van der Waals surface area contributed by atoms with Gasteiger partial charge in [-0.25, -0.2) is 4.79 Å². The van der Waals surface area contributed by atoms with Crippen LogP contribution < -0.4 is 0 Å². The number of hydrogen-bond acceptors (Lipinski definition) is 4. The minimum atomic E-state index is -0.425. The number of amides is 1. The zero-order valence-corrected chi connectivity index (χ0v) is 24.1. The molecule has 2 aliphatic rings. The highest BCUT2D eigenvalue weighted by atomic mass is 16.6. The predicted octanol–water partition coefficient (Wildman–Crippen LogP) is 6.32. The Morgan fingerprint density at radius 3 is 1.78 bits per heavy atom. The first-order valence-corrected chi connectivity index (χ1v) is 14.3. The molecule has 4 rings (SSSR count). The fourth-order valence-electron chi connectivity index (χ4n) is 5.14. The monoisotopic (exact) mass is 507 g/mol. The molecule has 0 saturated carbocycles. The van der Waals surface area contributed by atoms with Crippen molar-refractivity contribution in [3.8, 4) is 0 Å². The number of benzene rings is 2. The van der Waals surface area contributed by atoms with Crippen LogP contribution in [-0.4, -0.2) is 71.7 Å². The van der Waals surface area contributed by atoms with E-state index in [0.717, 1.165) is 71.5 Å². The van der Waals surface area contributed by atoms with Crippen molar-refractivity contribution in [3.63, 3.8) is 0 Å². The second-order valence-corrected chi connectivity index (χ2v) is 11.3. The minimum absolute atomic E-state index is 0.165. The second kappa shape index (κ2) is 14.0. The first kappa shape index (κ1) is 29.2. The molecule has 0 aliphatic carbocycles. The van der Waals surface area contributed by atoms with Crippen molar-refractivity contribution in [1.82, 2.24) is 14.7 Å². The number of ether oxygens (including phenoxy) is 1. The van der Waals surface area contributed by atoms with Gasteiger partial charge in [0.05, 0.1) is 0 Å². The molecule has 0 spiro atoms. The van der Waals surface area contributed by atoms with E-state index in [1.54, 1.807) is 0 Å².